The molecule has 0 spiro atoms. The molecule has 1 aliphatic carbocycles. The highest BCUT2D eigenvalue weighted by molar-refractivity contribution is 5.70. The van der Waals surface area contributed by atoms with Gasteiger partial charge in [-0.05, 0) is 26.2 Å². The minimum atomic E-state index is -0.381. The summed E-state index contributed by atoms with van der Waals surface area (Å²) in [6.45, 7) is 1.79. The Morgan fingerprint density at radius 1 is 1.42 bits per heavy atom. The second-order valence-electron chi connectivity index (χ2n) is 5.07. The molecular weight excluding hydrogens is 246 g/mol. The first-order valence-electron chi connectivity index (χ1n) is 6.44. The van der Waals surface area contributed by atoms with Crippen molar-refractivity contribution in [3.8, 4) is 0 Å². The summed E-state index contributed by atoms with van der Waals surface area (Å²) >= 11 is 0. The fourth-order valence-corrected chi connectivity index (χ4v) is 2.55. The van der Waals surface area contributed by atoms with Gasteiger partial charge in [-0.2, -0.15) is 4.98 Å². The number of nitrogens with one attached hydrogen (secondary N) is 2. The van der Waals surface area contributed by atoms with Crippen molar-refractivity contribution in [1.82, 2.24) is 19.5 Å². The summed E-state index contributed by atoms with van der Waals surface area (Å²) in [5.41, 5.74) is 0.661. The van der Waals surface area contributed by atoms with E-state index in [1.165, 1.54) is 4.57 Å². The maximum atomic E-state index is 12.2. The first-order valence-corrected chi connectivity index (χ1v) is 6.44. The van der Waals surface area contributed by atoms with Crippen LogP contribution in [0, 0.1) is 6.92 Å². The average molecular weight is 263 g/mol. The fourth-order valence-electron chi connectivity index (χ4n) is 2.55. The molecule has 1 saturated carbocycles. The summed E-state index contributed by atoms with van der Waals surface area (Å²) in [5, 5.41) is 13.0. The molecule has 0 bridgehead atoms. The molecule has 2 atom stereocenters. The Bertz CT molecular complexity index is 675. The number of fused-ring (bicyclic) bond motifs is 1. The highest BCUT2D eigenvalue weighted by Gasteiger charge is 2.26. The van der Waals surface area contributed by atoms with Gasteiger partial charge in [-0.25, -0.2) is 4.98 Å². The maximum Gasteiger partial charge on any atom is 0.280 e. The third kappa shape index (κ3) is 1.99. The Labute approximate surface area is 109 Å². The van der Waals surface area contributed by atoms with E-state index in [1.54, 1.807) is 14.0 Å². The molecule has 1 fully saturated rings. The number of aliphatic hydroxyl groups is 1. The van der Waals surface area contributed by atoms with Gasteiger partial charge in [0.25, 0.3) is 5.56 Å². The lowest BCUT2D eigenvalue weighted by Crippen LogP contribution is -2.32. The van der Waals surface area contributed by atoms with Crippen LogP contribution in [-0.2, 0) is 7.05 Å². The molecule has 102 valence electrons. The van der Waals surface area contributed by atoms with Crippen LogP contribution < -0.4 is 10.9 Å². The summed E-state index contributed by atoms with van der Waals surface area (Å²) in [4.78, 5) is 23.6. The predicted molar refractivity (Wildman–Crippen MR) is 71.1 cm³/mol. The second-order valence-corrected chi connectivity index (χ2v) is 5.07. The van der Waals surface area contributed by atoms with E-state index in [0.717, 1.165) is 19.3 Å². The zero-order valence-electron chi connectivity index (χ0n) is 11.0. The molecule has 3 N–H and O–H groups in total. The Balaban J connectivity index is 2.03. The first-order chi connectivity index (χ1) is 9.06. The van der Waals surface area contributed by atoms with Crippen molar-refractivity contribution in [1.29, 1.82) is 0 Å². The van der Waals surface area contributed by atoms with Crippen LogP contribution in [0.5, 0.6) is 0 Å². The quantitative estimate of drug-likeness (QED) is 0.723. The van der Waals surface area contributed by atoms with Crippen molar-refractivity contribution >= 4 is 17.1 Å². The van der Waals surface area contributed by atoms with Gasteiger partial charge in [-0.1, -0.05) is 0 Å². The van der Waals surface area contributed by atoms with Gasteiger partial charge >= 0.3 is 0 Å². The van der Waals surface area contributed by atoms with Crippen LogP contribution in [0.1, 0.15) is 25.1 Å². The van der Waals surface area contributed by atoms with Crippen LogP contribution in [0.15, 0.2) is 4.79 Å². The highest BCUT2D eigenvalue weighted by Crippen LogP contribution is 2.22. The second kappa shape index (κ2) is 4.34. The predicted octanol–water partition coefficient (Wildman–Crippen LogP) is 0.290. The third-order valence-electron chi connectivity index (χ3n) is 3.65. The van der Waals surface area contributed by atoms with Crippen molar-refractivity contribution < 1.29 is 5.11 Å². The van der Waals surface area contributed by atoms with E-state index in [1.807, 2.05) is 0 Å². The molecule has 2 aromatic heterocycles. The minimum Gasteiger partial charge on any atom is -0.391 e. The van der Waals surface area contributed by atoms with Crippen LogP contribution in [-0.4, -0.2) is 36.8 Å². The SMILES string of the molecule is Cc1nc2nc(NC3CCCC3O)n(C)c(=O)c2[nH]1. The normalized spacial score (nSPS) is 23.1. The van der Waals surface area contributed by atoms with Crippen molar-refractivity contribution in [2.45, 2.75) is 38.3 Å². The van der Waals surface area contributed by atoms with Crippen LogP contribution in [0.2, 0.25) is 0 Å². The van der Waals surface area contributed by atoms with Crippen molar-refractivity contribution in [3.05, 3.63) is 16.2 Å². The molecule has 7 nitrogen and oxygen atoms in total. The molecular formula is C12H17N5O2. The van der Waals surface area contributed by atoms with Crippen LogP contribution in [0.25, 0.3) is 11.2 Å². The van der Waals surface area contributed by atoms with Gasteiger partial charge in [0.2, 0.25) is 5.95 Å². The lowest BCUT2D eigenvalue weighted by atomic mass is 10.2. The zero-order chi connectivity index (χ0) is 13.6. The number of imidazole rings is 1. The van der Waals surface area contributed by atoms with Crippen molar-refractivity contribution in [2.24, 2.45) is 7.05 Å². The maximum absolute atomic E-state index is 12.2. The summed E-state index contributed by atoms with van der Waals surface area (Å²) in [6, 6.07) is -0.0458. The van der Waals surface area contributed by atoms with E-state index < -0.39 is 0 Å². The molecule has 0 saturated heterocycles. The van der Waals surface area contributed by atoms with E-state index in [-0.39, 0.29) is 17.7 Å². The van der Waals surface area contributed by atoms with Gasteiger partial charge in [0.05, 0.1) is 12.1 Å². The number of aromatic nitrogens is 4. The molecule has 0 amide bonds. The minimum absolute atomic E-state index is 0.0458. The van der Waals surface area contributed by atoms with Gasteiger partial charge in [0.1, 0.15) is 5.82 Å². The number of aryl methyl sites for hydroxylation is 1. The number of nitrogens with zero attached hydrogens (tertiary/aromatic N) is 3. The Morgan fingerprint density at radius 2 is 2.21 bits per heavy atom. The van der Waals surface area contributed by atoms with E-state index in [0.29, 0.717) is 22.9 Å². The fraction of sp³-hybridized carbons (Fsp3) is 0.583. The summed E-state index contributed by atoms with van der Waals surface area (Å²) < 4.78 is 1.45. The Hall–Kier alpha value is -1.89. The van der Waals surface area contributed by atoms with Crippen LogP contribution in [0.4, 0.5) is 5.95 Å². The summed E-state index contributed by atoms with van der Waals surface area (Å²) in [5.74, 6) is 1.12. The molecule has 2 unspecified atom stereocenters. The molecule has 19 heavy (non-hydrogen) atoms. The molecule has 1 aliphatic rings. The molecule has 0 radical (unpaired) electrons. The standard InChI is InChI=1S/C12H17N5O2/c1-6-13-9-10(14-6)16-12(17(2)11(9)19)15-7-4-3-5-8(7)18/h7-8,18H,3-5H2,1-2H3,(H,13,14)(H,15,16). The van der Waals surface area contributed by atoms with Gasteiger partial charge < -0.3 is 15.4 Å². The lowest BCUT2D eigenvalue weighted by Gasteiger charge is -2.18. The van der Waals surface area contributed by atoms with Crippen LogP contribution >= 0.6 is 0 Å². The van der Waals surface area contributed by atoms with E-state index >= 15 is 0 Å². The average Bonchev–Trinajstić information content (AvgIpc) is 2.93. The number of rotatable bonds is 2. The van der Waals surface area contributed by atoms with Gasteiger partial charge in [-0.3, -0.25) is 9.36 Å². The highest BCUT2D eigenvalue weighted by atomic mass is 16.3. The number of hydrogen-bond acceptors (Lipinski definition) is 5. The molecule has 3 rings (SSSR count). The van der Waals surface area contributed by atoms with Gasteiger partial charge in [-0.15, -0.1) is 0 Å². The molecule has 0 aliphatic heterocycles. The summed E-state index contributed by atoms with van der Waals surface area (Å²) in [6.07, 6.45) is 2.27. The topological polar surface area (TPSA) is 95.8 Å². The number of aromatic amines is 1. The summed E-state index contributed by atoms with van der Waals surface area (Å²) in [7, 11) is 1.66. The zero-order valence-corrected chi connectivity index (χ0v) is 11.0. The van der Waals surface area contributed by atoms with E-state index in [2.05, 4.69) is 20.3 Å². The molecule has 2 aromatic rings. The molecule has 0 aromatic carbocycles. The monoisotopic (exact) mass is 263 g/mol. The largest absolute Gasteiger partial charge is 0.391 e. The number of hydrogen-bond donors (Lipinski definition) is 3. The smallest absolute Gasteiger partial charge is 0.280 e. The third-order valence-corrected chi connectivity index (χ3v) is 3.65. The first kappa shape index (κ1) is 12.2. The number of aliphatic hydroxyl groups excluding tert-OH is 1. The Kier molecular flexibility index (Phi) is 2.78. The van der Waals surface area contributed by atoms with Crippen molar-refractivity contribution in [2.75, 3.05) is 5.32 Å². The molecule has 7 heteroatoms. The van der Waals surface area contributed by atoms with E-state index in [9.17, 15) is 9.90 Å². The van der Waals surface area contributed by atoms with Gasteiger partial charge in [0.15, 0.2) is 11.2 Å². The van der Waals surface area contributed by atoms with Crippen LogP contribution in [0.3, 0.4) is 0 Å². The van der Waals surface area contributed by atoms with E-state index in [4.69, 9.17) is 0 Å². The van der Waals surface area contributed by atoms with Crippen molar-refractivity contribution in [3.63, 3.8) is 0 Å². The number of H-pyrrole nitrogens is 1. The molecule has 2 heterocycles. The Morgan fingerprint density at radius 3 is 2.89 bits per heavy atom. The van der Waals surface area contributed by atoms with Gasteiger partial charge in [0, 0.05) is 7.05 Å². The lowest BCUT2D eigenvalue weighted by molar-refractivity contribution is 0.171. The number of anilines is 1.